The summed E-state index contributed by atoms with van der Waals surface area (Å²) in [5, 5.41) is 8.87. The molecule has 2 rings (SSSR count). The number of aryl methyl sites for hydroxylation is 1. The van der Waals surface area contributed by atoms with Gasteiger partial charge in [0.2, 0.25) is 5.88 Å². The van der Waals surface area contributed by atoms with Crippen molar-refractivity contribution in [2.75, 3.05) is 6.61 Å². The molecule has 5 heteroatoms. The zero-order valence-electron chi connectivity index (χ0n) is 9.38. The van der Waals surface area contributed by atoms with E-state index in [0.717, 1.165) is 12.1 Å². The Morgan fingerprint density at radius 2 is 2.35 bits per heavy atom. The number of hydrogen-bond donors (Lipinski definition) is 0. The largest absolute Gasteiger partial charge is 0.476 e. The number of aromatic nitrogens is 2. The first-order valence-electron chi connectivity index (χ1n) is 5.18. The van der Waals surface area contributed by atoms with Crippen molar-refractivity contribution < 1.29 is 4.74 Å². The monoisotopic (exact) mass is 245 g/mol. The van der Waals surface area contributed by atoms with Gasteiger partial charge >= 0.3 is 0 Å². The van der Waals surface area contributed by atoms with E-state index in [-0.39, 0.29) is 0 Å². The number of nitrogens with zero attached hydrogens (tertiary/aromatic N) is 3. The Bertz CT molecular complexity index is 545. The van der Waals surface area contributed by atoms with Crippen LogP contribution in [0.25, 0.3) is 0 Å². The van der Waals surface area contributed by atoms with Crippen LogP contribution in [-0.4, -0.2) is 16.6 Å². The fraction of sp³-hybridized carbons (Fsp3) is 0.250. The maximum atomic E-state index is 8.87. The molecule has 0 bridgehead atoms. The van der Waals surface area contributed by atoms with E-state index in [9.17, 15) is 0 Å². The van der Waals surface area contributed by atoms with Gasteiger partial charge in [-0.1, -0.05) is 0 Å². The van der Waals surface area contributed by atoms with Gasteiger partial charge in [0.15, 0.2) is 0 Å². The summed E-state index contributed by atoms with van der Waals surface area (Å²) in [5.74, 6) is 0.400. The van der Waals surface area contributed by atoms with Gasteiger partial charge < -0.3 is 4.74 Å². The fourth-order valence-electron chi connectivity index (χ4n) is 1.40. The van der Waals surface area contributed by atoms with E-state index >= 15 is 0 Å². The van der Waals surface area contributed by atoms with Gasteiger partial charge in [0.05, 0.1) is 17.8 Å². The molecule has 0 saturated heterocycles. The third-order valence-corrected chi connectivity index (χ3v) is 3.30. The Hall–Kier alpha value is -1.93. The van der Waals surface area contributed by atoms with Gasteiger partial charge in [-0.15, -0.1) is 11.3 Å². The molecule has 2 aromatic heterocycles. The van der Waals surface area contributed by atoms with Crippen LogP contribution in [0.1, 0.15) is 16.1 Å². The average molecular weight is 245 g/mol. The Morgan fingerprint density at radius 3 is 3.06 bits per heavy atom. The summed E-state index contributed by atoms with van der Waals surface area (Å²) in [5.41, 5.74) is 3.33. The molecule has 2 heterocycles. The van der Waals surface area contributed by atoms with Crippen LogP contribution in [0.4, 0.5) is 0 Å². The molecule has 0 radical (unpaired) electrons. The highest BCUT2D eigenvalue weighted by Crippen LogP contribution is 2.15. The minimum atomic E-state index is 0.400. The molecule has 2 aromatic rings. The van der Waals surface area contributed by atoms with Crippen molar-refractivity contribution in [2.24, 2.45) is 0 Å². The molecule has 0 aromatic carbocycles. The van der Waals surface area contributed by atoms with E-state index < -0.39 is 0 Å². The lowest BCUT2D eigenvalue weighted by atomic mass is 10.3. The summed E-state index contributed by atoms with van der Waals surface area (Å²) in [4.78, 5) is 9.41. The lowest BCUT2D eigenvalue weighted by Crippen LogP contribution is -2.03. The summed E-state index contributed by atoms with van der Waals surface area (Å²) in [7, 11) is 0. The SMILES string of the molecule is Cc1ncsc1CCOc1ncccc1C#N. The molecule has 0 spiro atoms. The zero-order chi connectivity index (χ0) is 12.1. The van der Waals surface area contributed by atoms with E-state index in [1.807, 2.05) is 12.4 Å². The first-order valence-corrected chi connectivity index (χ1v) is 6.06. The molecule has 0 fully saturated rings. The van der Waals surface area contributed by atoms with Crippen LogP contribution >= 0.6 is 11.3 Å². The van der Waals surface area contributed by atoms with Gasteiger partial charge in [0, 0.05) is 17.5 Å². The predicted octanol–water partition coefficient (Wildman–Crippen LogP) is 2.34. The summed E-state index contributed by atoms with van der Waals surface area (Å²) in [6, 6.07) is 5.47. The number of pyridine rings is 1. The normalized spacial score (nSPS) is 9.88. The van der Waals surface area contributed by atoms with Gasteiger partial charge in [0.25, 0.3) is 0 Å². The summed E-state index contributed by atoms with van der Waals surface area (Å²) in [6.07, 6.45) is 2.41. The second-order valence-corrected chi connectivity index (χ2v) is 4.37. The van der Waals surface area contributed by atoms with E-state index in [1.54, 1.807) is 29.7 Å². The highest BCUT2D eigenvalue weighted by molar-refractivity contribution is 7.09. The Balaban J connectivity index is 1.95. The standard InChI is InChI=1S/C12H11N3OS/c1-9-11(17-8-15-9)4-6-16-12-10(7-13)3-2-5-14-12/h2-3,5,8H,4,6H2,1H3. The van der Waals surface area contributed by atoms with Gasteiger partial charge in [-0.25, -0.2) is 9.97 Å². The van der Waals surface area contributed by atoms with Crippen molar-refractivity contribution in [3.63, 3.8) is 0 Å². The molecule has 0 aliphatic carbocycles. The van der Waals surface area contributed by atoms with Crippen LogP contribution in [0.3, 0.4) is 0 Å². The van der Waals surface area contributed by atoms with E-state index in [4.69, 9.17) is 10.00 Å². The number of ether oxygens (including phenoxy) is 1. The van der Waals surface area contributed by atoms with E-state index in [1.165, 1.54) is 4.88 Å². The lowest BCUT2D eigenvalue weighted by molar-refractivity contribution is 0.309. The molecule has 0 aliphatic heterocycles. The first-order chi connectivity index (χ1) is 8.31. The molecule has 0 unspecified atom stereocenters. The van der Waals surface area contributed by atoms with Crippen LogP contribution < -0.4 is 4.74 Å². The Kier molecular flexibility index (Phi) is 3.68. The topological polar surface area (TPSA) is 58.8 Å². The van der Waals surface area contributed by atoms with Crippen LogP contribution in [0, 0.1) is 18.3 Å². The van der Waals surface area contributed by atoms with Crippen LogP contribution in [-0.2, 0) is 6.42 Å². The van der Waals surface area contributed by atoms with Gasteiger partial charge in [-0.3, -0.25) is 0 Å². The molecule has 17 heavy (non-hydrogen) atoms. The van der Waals surface area contributed by atoms with Crippen LogP contribution in [0.2, 0.25) is 0 Å². The van der Waals surface area contributed by atoms with E-state index in [0.29, 0.717) is 18.1 Å². The highest BCUT2D eigenvalue weighted by atomic mass is 32.1. The molecular weight excluding hydrogens is 234 g/mol. The van der Waals surface area contributed by atoms with Crippen molar-refractivity contribution in [1.82, 2.24) is 9.97 Å². The minimum absolute atomic E-state index is 0.400. The molecular formula is C12H11N3OS. The summed E-state index contributed by atoms with van der Waals surface area (Å²) < 4.78 is 5.50. The van der Waals surface area contributed by atoms with Crippen molar-refractivity contribution in [3.05, 3.63) is 40.0 Å². The molecule has 0 atom stereocenters. The average Bonchev–Trinajstić information content (AvgIpc) is 2.76. The molecule has 86 valence electrons. The quantitative estimate of drug-likeness (QED) is 0.829. The van der Waals surface area contributed by atoms with E-state index in [2.05, 4.69) is 16.0 Å². The smallest absolute Gasteiger partial charge is 0.231 e. The second-order valence-electron chi connectivity index (χ2n) is 3.43. The van der Waals surface area contributed by atoms with Crippen molar-refractivity contribution in [2.45, 2.75) is 13.3 Å². The summed E-state index contributed by atoms with van der Waals surface area (Å²) in [6.45, 7) is 2.49. The third-order valence-electron chi connectivity index (χ3n) is 2.30. The van der Waals surface area contributed by atoms with Gasteiger partial charge in [0.1, 0.15) is 11.6 Å². The molecule has 0 amide bonds. The maximum absolute atomic E-state index is 8.87. The van der Waals surface area contributed by atoms with Gasteiger partial charge in [-0.05, 0) is 19.1 Å². The fourth-order valence-corrected chi connectivity index (χ4v) is 2.16. The Labute approximate surface area is 104 Å². The first kappa shape index (κ1) is 11.6. The minimum Gasteiger partial charge on any atom is -0.476 e. The summed E-state index contributed by atoms with van der Waals surface area (Å²) >= 11 is 1.62. The number of thiazole rings is 1. The third kappa shape index (κ3) is 2.80. The molecule has 0 aliphatic rings. The number of nitriles is 1. The zero-order valence-corrected chi connectivity index (χ0v) is 10.2. The molecule has 4 nitrogen and oxygen atoms in total. The lowest BCUT2D eigenvalue weighted by Gasteiger charge is -2.05. The maximum Gasteiger partial charge on any atom is 0.231 e. The molecule has 0 N–H and O–H groups in total. The van der Waals surface area contributed by atoms with Crippen molar-refractivity contribution >= 4 is 11.3 Å². The molecule has 0 saturated carbocycles. The van der Waals surface area contributed by atoms with Crippen molar-refractivity contribution in [1.29, 1.82) is 5.26 Å². The van der Waals surface area contributed by atoms with Crippen LogP contribution in [0.15, 0.2) is 23.8 Å². The number of hydrogen-bond acceptors (Lipinski definition) is 5. The van der Waals surface area contributed by atoms with Gasteiger partial charge in [-0.2, -0.15) is 5.26 Å². The second kappa shape index (κ2) is 5.41. The number of rotatable bonds is 4. The Morgan fingerprint density at radius 1 is 1.47 bits per heavy atom. The van der Waals surface area contributed by atoms with Crippen molar-refractivity contribution in [3.8, 4) is 11.9 Å². The highest BCUT2D eigenvalue weighted by Gasteiger charge is 2.05. The predicted molar refractivity (Wildman–Crippen MR) is 65.0 cm³/mol. The van der Waals surface area contributed by atoms with Crippen LogP contribution in [0.5, 0.6) is 5.88 Å².